The number of hydrogen-bond donors (Lipinski definition) is 2. The van der Waals surface area contributed by atoms with Gasteiger partial charge in [-0.2, -0.15) is 5.10 Å². The molecule has 2 unspecified atom stereocenters. The van der Waals surface area contributed by atoms with Crippen molar-refractivity contribution in [3.63, 3.8) is 0 Å². The Hall–Kier alpha value is -2.19. The second kappa shape index (κ2) is 8.07. The van der Waals surface area contributed by atoms with Crippen molar-refractivity contribution in [3.05, 3.63) is 35.4 Å². The van der Waals surface area contributed by atoms with Crippen LogP contribution in [0, 0.1) is 0 Å². The zero-order chi connectivity index (χ0) is 17.7. The number of carboxylic acids is 1. The van der Waals surface area contributed by atoms with Gasteiger partial charge in [0.15, 0.2) is 5.17 Å². The molecule has 8 heteroatoms. The molecule has 0 aliphatic carbocycles. The smallest absolute Gasteiger partial charge is 0.305 e. The molecule has 7 nitrogen and oxygen atoms in total. The molecule has 1 saturated heterocycles. The van der Waals surface area contributed by atoms with Gasteiger partial charge >= 0.3 is 5.97 Å². The highest BCUT2D eigenvalue weighted by molar-refractivity contribution is 8.15. The van der Waals surface area contributed by atoms with E-state index in [0.717, 1.165) is 17.3 Å². The summed E-state index contributed by atoms with van der Waals surface area (Å²) in [5.74, 6) is -1.36. The normalized spacial score (nSPS) is 20.8. The fourth-order valence-electron chi connectivity index (χ4n) is 2.09. The van der Waals surface area contributed by atoms with E-state index in [0.29, 0.717) is 5.17 Å². The molecule has 24 heavy (non-hydrogen) atoms. The molecular formula is C16H20N4O3S. The number of nitrogens with one attached hydrogen (secondary N) is 1. The molecule has 1 heterocycles. The Labute approximate surface area is 144 Å². The number of thioether (sulfide) groups is 1. The van der Waals surface area contributed by atoms with Gasteiger partial charge < -0.3 is 15.3 Å². The third-order valence-electron chi connectivity index (χ3n) is 3.66. The van der Waals surface area contributed by atoms with E-state index in [-0.39, 0.29) is 18.4 Å². The lowest BCUT2D eigenvalue weighted by Gasteiger charge is -2.20. The van der Waals surface area contributed by atoms with E-state index in [1.54, 1.807) is 6.21 Å². The Balaban J connectivity index is 2.03. The average Bonchev–Trinajstić information content (AvgIpc) is 2.86. The monoisotopic (exact) mass is 348 g/mol. The number of carboxylic acid groups (broad SMARTS) is 1. The molecule has 2 rings (SSSR count). The van der Waals surface area contributed by atoms with Gasteiger partial charge in [0.1, 0.15) is 5.25 Å². The predicted molar refractivity (Wildman–Crippen MR) is 95.3 cm³/mol. The molecule has 1 aromatic rings. The summed E-state index contributed by atoms with van der Waals surface area (Å²) in [6, 6.07) is 8.24. The summed E-state index contributed by atoms with van der Waals surface area (Å²) in [6.45, 7) is 2.11. The fraction of sp³-hybridized carbons (Fsp3) is 0.375. The second-order valence-corrected chi connectivity index (χ2v) is 6.84. The molecule has 1 aromatic carbocycles. The van der Waals surface area contributed by atoms with Crippen LogP contribution in [0.25, 0.3) is 0 Å². The van der Waals surface area contributed by atoms with Crippen molar-refractivity contribution < 1.29 is 14.7 Å². The average molecular weight is 348 g/mol. The lowest BCUT2D eigenvalue weighted by molar-refractivity contribution is -0.138. The minimum absolute atomic E-state index is 0.232. The van der Waals surface area contributed by atoms with E-state index >= 15 is 0 Å². The van der Waals surface area contributed by atoms with Crippen molar-refractivity contribution in [1.29, 1.82) is 0 Å². The van der Waals surface area contributed by atoms with Crippen LogP contribution in [0.2, 0.25) is 0 Å². The van der Waals surface area contributed by atoms with Crippen LogP contribution in [0.15, 0.2) is 34.5 Å². The highest BCUT2D eigenvalue weighted by Crippen LogP contribution is 2.22. The molecule has 0 spiro atoms. The molecule has 128 valence electrons. The Morgan fingerprint density at radius 2 is 2.25 bits per heavy atom. The Morgan fingerprint density at radius 1 is 1.50 bits per heavy atom. The zero-order valence-corrected chi connectivity index (χ0v) is 14.6. The quantitative estimate of drug-likeness (QED) is 0.603. The van der Waals surface area contributed by atoms with E-state index < -0.39 is 11.2 Å². The van der Waals surface area contributed by atoms with Gasteiger partial charge in [0.05, 0.1) is 12.6 Å². The first kappa shape index (κ1) is 18.2. The van der Waals surface area contributed by atoms with Gasteiger partial charge in [-0.25, -0.2) is 0 Å². The van der Waals surface area contributed by atoms with Crippen LogP contribution in [0.3, 0.4) is 0 Å². The lowest BCUT2D eigenvalue weighted by atomic mass is 10.1. The first-order valence-corrected chi connectivity index (χ1v) is 8.31. The number of hydrogen-bond acceptors (Lipinski definition) is 6. The van der Waals surface area contributed by atoms with Crippen molar-refractivity contribution in [2.75, 3.05) is 14.1 Å². The minimum atomic E-state index is -1.01. The van der Waals surface area contributed by atoms with Crippen molar-refractivity contribution >= 4 is 35.0 Å². The van der Waals surface area contributed by atoms with E-state index in [4.69, 9.17) is 5.11 Å². The van der Waals surface area contributed by atoms with Gasteiger partial charge in [-0.05, 0) is 38.2 Å². The standard InChI is InChI=1S/C16H20N4O3S/c1-10(20(2)3)12-6-4-5-11(7-12)9-17-19-16-18-15(23)13(24-16)8-14(21)22/h4-7,9-10,13H,8H2,1-3H3,(H,21,22)(H,18,19,23). The number of nitrogens with zero attached hydrogens (tertiary/aromatic N) is 3. The minimum Gasteiger partial charge on any atom is -0.481 e. The lowest BCUT2D eigenvalue weighted by Crippen LogP contribution is -2.26. The molecule has 1 fully saturated rings. The number of aliphatic carboxylic acids is 1. The van der Waals surface area contributed by atoms with Gasteiger partial charge in [-0.3, -0.25) is 9.59 Å². The molecule has 1 amide bonds. The van der Waals surface area contributed by atoms with Crippen molar-refractivity contribution in [2.24, 2.45) is 10.2 Å². The highest BCUT2D eigenvalue weighted by atomic mass is 32.2. The Bertz CT molecular complexity index is 688. The summed E-state index contributed by atoms with van der Waals surface area (Å²) < 4.78 is 0. The molecule has 1 aliphatic rings. The van der Waals surface area contributed by atoms with Crippen LogP contribution >= 0.6 is 11.8 Å². The van der Waals surface area contributed by atoms with E-state index in [1.165, 1.54) is 5.56 Å². The third-order valence-corrected chi connectivity index (χ3v) is 4.73. The molecular weight excluding hydrogens is 328 g/mol. The number of amidine groups is 1. The third kappa shape index (κ3) is 4.90. The molecule has 0 saturated carbocycles. The first-order valence-electron chi connectivity index (χ1n) is 7.43. The molecule has 0 bridgehead atoms. The molecule has 0 aromatic heterocycles. The van der Waals surface area contributed by atoms with Crippen LogP contribution in [0.4, 0.5) is 0 Å². The molecule has 2 atom stereocenters. The Morgan fingerprint density at radius 3 is 2.92 bits per heavy atom. The summed E-state index contributed by atoms with van der Waals surface area (Å²) in [5, 5.41) is 18.9. The van der Waals surface area contributed by atoms with E-state index in [9.17, 15) is 9.59 Å². The molecule has 0 radical (unpaired) electrons. The fourth-order valence-corrected chi connectivity index (χ4v) is 3.01. The number of amides is 1. The summed E-state index contributed by atoms with van der Waals surface area (Å²) in [7, 11) is 4.04. The van der Waals surface area contributed by atoms with Crippen molar-refractivity contribution in [2.45, 2.75) is 24.6 Å². The van der Waals surface area contributed by atoms with Crippen LogP contribution in [0.5, 0.6) is 0 Å². The van der Waals surface area contributed by atoms with Crippen LogP contribution < -0.4 is 5.32 Å². The first-order chi connectivity index (χ1) is 11.4. The van der Waals surface area contributed by atoms with Crippen LogP contribution in [-0.4, -0.2) is 52.6 Å². The van der Waals surface area contributed by atoms with Crippen molar-refractivity contribution in [3.8, 4) is 0 Å². The maximum atomic E-state index is 11.6. The van der Waals surface area contributed by atoms with Gasteiger partial charge in [0.25, 0.3) is 0 Å². The summed E-state index contributed by atoms with van der Waals surface area (Å²) in [5.41, 5.74) is 2.07. The molecule has 2 N–H and O–H groups in total. The maximum Gasteiger partial charge on any atom is 0.305 e. The number of benzene rings is 1. The summed E-state index contributed by atoms with van der Waals surface area (Å²) in [6.07, 6.45) is 1.37. The zero-order valence-electron chi connectivity index (χ0n) is 13.8. The SMILES string of the molecule is CC(c1cccc(C=NN=C2NC(=O)C(CC(=O)O)S2)c1)N(C)C. The largest absolute Gasteiger partial charge is 0.481 e. The number of rotatable bonds is 6. The van der Waals surface area contributed by atoms with Crippen molar-refractivity contribution in [1.82, 2.24) is 10.2 Å². The van der Waals surface area contributed by atoms with Gasteiger partial charge in [0, 0.05) is 6.04 Å². The van der Waals surface area contributed by atoms with Crippen LogP contribution in [-0.2, 0) is 9.59 Å². The predicted octanol–water partition coefficient (Wildman–Crippen LogP) is 1.71. The number of carbonyl (C=O) groups excluding carboxylic acids is 1. The number of carbonyl (C=O) groups is 2. The topological polar surface area (TPSA) is 94.4 Å². The Kier molecular flexibility index (Phi) is 6.10. The van der Waals surface area contributed by atoms with Gasteiger partial charge in [-0.15, -0.1) is 5.10 Å². The second-order valence-electron chi connectivity index (χ2n) is 5.65. The maximum absolute atomic E-state index is 11.6. The van der Waals surface area contributed by atoms with Gasteiger partial charge in [-0.1, -0.05) is 30.0 Å². The van der Waals surface area contributed by atoms with Gasteiger partial charge in [0.2, 0.25) is 5.91 Å². The molecule has 1 aliphatic heterocycles. The van der Waals surface area contributed by atoms with Crippen LogP contribution in [0.1, 0.15) is 30.5 Å². The highest BCUT2D eigenvalue weighted by Gasteiger charge is 2.32. The van der Waals surface area contributed by atoms with E-state index in [1.807, 2.05) is 32.3 Å². The van der Waals surface area contributed by atoms with E-state index in [2.05, 4.69) is 33.4 Å². The summed E-state index contributed by atoms with van der Waals surface area (Å²) in [4.78, 5) is 24.4. The summed E-state index contributed by atoms with van der Waals surface area (Å²) >= 11 is 1.08.